The van der Waals surface area contributed by atoms with Crippen LogP contribution in [0.2, 0.25) is 5.02 Å². The molecule has 5 nitrogen and oxygen atoms in total. The molecule has 1 aromatic carbocycles. The number of aromatic nitrogens is 1. The van der Waals surface area contributed by atoms with Gasteiger partial charge in [-0.1, -0.05) is 11.6 Å². The molecule has 3 aromatic rings. The minimum absolute atomic E-state index is 0.0547. The van der Waals surface area contributed by atoms with Crippen molar-refractivity contribution in [2.45, 2.75) is 0 Å². The van der Waals surface area contributed by atoms with Crippen molar-refractivity contribution in [1.29, 1.82) is 0 Å². The van der Waals surface area contributed by atoms with Crippen molar-refractivity contribution in [2.75, 3.05) is 18.5 Å². The molecule has 3 rings (SSSR count). The summed E-state index contributed by atoms with van der Waals surface area (Å²) < 4.78 is 19.6. The van der Waals surface area contributed by atoms with E-state index in [0.717, 1.165) is 10.1 Å². The number of carbonyl (C=O) groups is 1. The lowest BCUT2D eigenvalue weighted by atomic mass is 10.2. The summed E-state index contributed by atoms with van der Waals surface area (Å²) in [7, 11) is 0. The Morgan fingerprint density at radius 3 is 3.00 bits per heavy atom. The number of ether oxygens (including phenoxy) is 1. The summed E-state index contributed by atoms with van der Waals surface area (Å²) in [6, 6.07) is 6.15. The average Bonchev–Trinajstić information content (AvgIpc) is 3.04. The number of hydrogen-bond acceptors (Lipinski definition) is 5. The van der Waals surface area contributed by atoms with Gasteiger partial charge in [-0.05, 0) is 23.6 Å². The summed E-state index contributed by atoms with van der Waals surface area (Å²) in [5.41, 5.74) is 5.75. The smallest absolute Gasteiger partial charge is 0.251 e. The first kappa shape index (κ1) is 16.5. The number of thiophene rings is 1. The lowest BCUT2D eigenvalue weighted by molar-refractivity contribution is 0.100. The molecule has 0 aliphatic carbocycles. The van der Waals surface area contributed by atoms with Gasteiger partial charge in [0.1, 0.15) is 24.0 Å². The normalized spacial score (nSPS) is 10.8. The van der Waals surface area contributed by atoms with Crippen molar-refractivity contribution in [1.82, 2.24) is 4.98 Å². The number of amides is 1. The van der Waals surface area contributed by atoms with Crippen molar-refractivity contribution < 1.29 is 13.9 Å². The van der Waals surface area contributed by atoms with Gasteiger partial charge < -0.3 is 15.8 Å². The van der Waals surface area contributed by atoms with Crippen LogP contribution in [0, 0.1) is 5.82 Å². The second kappa shape index (κ2) is 7.02. The summed E-state index contributed by atoms with van der Waals surface area (Å²) in [6.45, 7) is 0.768. The lowest BCUT2D eigenvalue weighted by Gasteiger charge is -2.10. The fourth-order valence-electron chi connectivity index (χ4n) is 2.18. The van der Waals surface area contributed by atoms with Crippen molar-refractivity contribution in [3.63, 3.8) is 0 Å². The maximum absolute atomic E-state index is 13.3. The van der Waals surface area contributed by atoms with E-state index >= 15 is 0 Å². The molecule has 2 heterocycles. The summed E-state index contributed by atoms with van der Waals surface area (Å²) in [6.07, 6.45) is 1.46. The third-order valence-corrected chi connectivity index (χ3v) is 4.56. The van der Waals surface area contributed by atoms with E-state index in [0.29, 0.717) is 30.3 Å². The molecule has 0 saturated heterocycles. The van der Waals surface area contributed by atoms with Gasteiger partial charge in [0.2, 0.25) is 0 Å². The molecule has 0 saturated carbocycles. The van der Waals surface area contributed by atoms with Gasteiger partial charge in [0.25, 0.3) is 5.91 Å². The second-order valence-corrected chi connectivity index (χ2v) is 6.22. The molecular weight excluding hydrogens is 353 g/mol. The van der Waals surface area contributed by atoms with Crippen molar-refractivity contribution in [3.8, 4) is 5.75 Å². The van der Waals surface area contributed by atoms with Gasteiger partial charge in [-0.15, -0.1) is 11.3 Å². The highest BCUT2D eigenvalue weighted by Gasteiger charge is 2.12. The molecule has 3 N–H and O–H groups in total. The summed E-state index contributed by atoms with van der Waals surface area (Å²) in [4.78, 5) is 15.6. The van der Waals surface area contributed by atoms with Crippen LogP contribution < -0.4 is 15.8 Å². The number of fused-ring (bicyclic) bond motifs is 1. The van der Waals surface area contributed by atoms with E-state index in [-0.39, 0.29) is 5.02 Å². The van der Waals surface area contributed by atoms with Crippen LogP contribution in [0.3, 0.4) is 0 Å². The largest absolute Gasteiger partial charge is 0.492 e. The Morgan fingerprint density at radius 1 is 1.42 bits per heavy atom. The Balaban J connectivity index is 1.64. The Morgan fingerprint density at radius 2 is 2.25 bits per heavy atom. The SMILES string of the molecule is NC(=O)c1cnc(NCCOc2ccc(Cl)c(F)c2)c2ccsc12. The molecule has 8 heteroatoms. The number of nitrogens with zero attached hydrogens (tertiary/aromatic N) is 1. The van der Waals surface area contributed by atoms with E-state index in [2.05, 4.69) is 10.3 Å². The molecule has 0 unspecified atom stereocenters. The van der Waals surface area contributed by atoms with Crippen LogP contribution in [0.25, 0.3) is 10.1 Å². The van der Waals surface area contributed by atoms with Gasteiger partial charge in [0, 0.05) is 17.6 Å². The van der Waals surface area contributed by atoms with Crippen LogP contribution in [0.1, 0.15) is 10.4 Å². The molecule has 0 aliphatic heterocycles. The van der Waals surface area contributed by atoms with E-state index in [9.17, 15) is 9.18 Å². The number of hydrogen-bond donors (Lipinski definition) is 2. The van der Waals surface area contributed by atoms with Crippen LogP contribution >= 0.6 is 22.9 Å². The number of nitrogens with one attached hydrogen (secondary N) is 1. The maximum Gasteiger partial charge on any atom is 0.251 e. The molecule has 2 aromatic heterocycles. The molecule has 0 bridgehead atoms. The standard InChI is InChI=1S/C16H13ClFN3O2S/c17-12-2-1-9(7-13(12)18)23-5-4-20-16-10-3-6-24-14(10)11(8-21-16)15(19)22/h1-3,6-8H,4-5H2,(H2,19,22)(H,20,21). The predicted octanol–water partition coefficient (Wildman–Crippen LogP) is 3.68. The lowest BCUT2D eigenvalue weighted by Crippen LogP contribution is -2.14. The third-order valence-electron chi connectivity index (χ3n) is 3.31. The molecule has 0 radical (unpaired) electrons. The second-order valence-electron chi connectivity index (χ2n) is 4.90. The first-order chi connectivity index (χ1) is 11.6. The Labute approximate surface area is 146 Å². The van der Waals surface area contributed by atoms with E-state index in [1.165, 1.54) is 29.7 Å². The number of carbonyl (C=O) groups excluding carboxylic acids is 1. The monoisotopic (exact) mass is 365 g/mol. The van der Waals surface area contributed by atoms with Gasteiger partial charge >= 0.3 is 0 Å². The number of halogens is 2. The third kappa shape index (κ3) is 3.42. The van der Waals surface area contributed by atoms with Gasteiger partial charge in [-0.2, -0.15) is 0 Å². The summed E-state index contributed by atoms with van der Waals surface area (Å²) >= 11 is 7.05. The van der Waals surface area contributed by atoms with Gasteiger partial charge in [-0.25, -0.2) is 9.37 Å². The predicted molar refractivity (Wildman–Crippen MR) is 93.5 cm³/mol. The zero-order valence-electron chi connectivity index (χ0n) is 12.4. The number of anilines is 1. The molecule has 0 aliphatic rings. The van der Waals surface area contributed by atoms with Crippen molar-refractivity contribution in [3.05, 3.63) is 52.2 Å². The molecular formula is C16H13ClFN3O2S. The fourth-order valence-corrected chi connectivity index (χ4v) is 3.21. The van der Waals surface area contributed by atoms with E-state index in [4.69, 9.17) is 22.1 Å². The van der Waals surface area contributed by atoms with Crippen LogP contribution in [0.15, 0.2) is 35.8 Å². The molecule has 0 spiro atoms. The van der Waals surface area contributed by atoms with Crippen molar-refractivity contribution in [2.24, 2.45) is 5.73 Å². The van der Waals surface area contributed by atoms with Gasteiger partial charge in [0.05, 0.1) is 21.8 Å². The first-order valence-corrected chi connectivity index (χ1v) is 8.30. The fraction of sp³-hybridized carbons (Fsp3) is 0.125. The average molecular weight is 366 g/mol. The zero-order chi connectivity index (χ0) is 17.1. The molecule has 0 fully saturated rings. The minimum Gasteiger partial charge on any atom is -0.492 e. The van der Waals surface area contributed by atoms with Crippen LogP contribution in [-0.4, -0.2) is 24.0 Å². The Bertz CT molecular complexity index is 900. The van der Waals surface area contributed by atoms with E-state index in [1.54, 1.807) is 6.07 Å². The highest BCUT2D eigenvalue weighted by Crippen LogP contribution is 2.29. The topological polar surface area (TPSA) is 77.2 Å². The van der Waals surface area contributed by atoms with Gasteiger partial charge in [0.15, 0.2) is 0 Å². The number of primary amides is 1. The van der Waals surface area contributed by atoms with Crippen LogP contribution in [0.4, 0.5) is 10.2 Å². The van der Waals surface area contributed by atoms with Crippen LogP contribution in [0.5, 0.6) is 5.75 Å². The van der Waals surface area contributed by atoms with E-state index < -0.39 is 11.7 Å². The number of nitrogens with two attached hydrogens (primary N) is 1. The molecule has 0 atom stereocenters. The first-order valence-electron chi connectivity index (χ1n) is 7.04. The van der Waals surface area contributed by atoms with Crippen LogP contribution in [-0.2, 0) is 0 Å². The highest BCUT2D eigenvalue weighted by atomic mass is 35.5. The summed E-state index contributed by atoms with van der Waals surface area (Å²) in [5, 5.41) is 5.89. The number of pyridine rings is 1. The number of rotatable bonds is 6. The quantitative estimate of drug-likeness (QED) is 0.653. The molecule has 124 valence electrons. The Hall–Kier alpha value is -2.38. The Kier molecular flexibility index (Phi) is 4.82. The summed E-state index contributed by atoms with van der Waals surface area (Å²) in [5.74, 6) is 0.0129. The van der Waals surface area contributed by atoms with E-state index in [1.807, 2.05) is 11.4 Å². The van der Waals surface area contributed by atoms with Crippen molar-refractivity contribution >= 4 is 44.7 Å². The molecule has 24 heavy (non-hydrogen) atoms. The maximum atomic E-state index is 13.3. The minimum atomic E-state index is -0.522. The highest BCUT2D eigenvalue weighted by molar-refractivity contribution is 7.17. The van der Waals surface area contributed by atoms with Gasteiger partial charge in [-0.3, -0.25) is 4.79 Å². The molecule has 1 amide bonds. The number of benzene rings is 1. The zero-order valence-corrected chi connectivity index (χ0v) is 14.0.